The second-order valence-corrected chi connectivity index (χ2v) is 11.8. The van der Waals surface area contributed by atoms with Crippen LogP contribution in [0, 0.1) is 11.7 Å². The molecule has 1 aromatic heterocycles. The predicted molar refractivity (Wildman–Crippen MR) is 159 cm³/mol. The van der Waals surface area contributed by atoms with E-state index in [9.17, 15) is 14.0 Å². The van der Waals surface area contributed by atoms with E-state index in [0.29, 0.717) is 30.2 Å². The summed E-state index contributed by atoms with van der Waals surface area (Å²) in [7, 11) is 0. The Hall–Kier alpha value is -4.08. The lowest BCUT2D eigenvalue weighted by molar-refractivity contribution is -0.122. The lowest BCUT2D eigenvalue weighted by atomic mass is 9.84. The molecule has 2 amide bonds. The number of amides is 2. The first-order valence-corrected chi connectivity index (χ1v) is 14.7. The van der Waals surface area contributed by atoms with Crippen LogP contribution in [-0.2, 0) is 16.0 Å². The van der Waals surface area contributed by atoms with Crippen LogP contribution in [0.2, 0.25) is 0 Å². The van der Waals surface area contributed by atoms with E-state index in [4.69, 9.17) is 4.74 Å². The molecule has 10 heteroatoms. The molecule has 1 heterocycles. The molecule has 2 aromatic carbocycles. The predicted octanol–water partition coefficient (Wildman–Crippen LogP) is 5.73. The molecule has 0 radical (unpaired) electrons. The van der Waals surface area contributed by atoms with Crippen molar-refractivity contribution < 1.29 is 18.7 Å². The summed E-state index contributed by atoms with van der Waals surface area (Å²) < 4.78 is 19.0. The van der Waals surface area contributed by atoms with Gasteiger partial charge in [0.1, 0.15) is 17.1 Å². The number of hydrogen-bond donors (Lipinski definition) is 3. The zero-order valence-corrected chi connectivity index (χ0v) is 24.6. The molecule has 0 aliphatic heterocycles. The largest absolute Gasteiger partial charge is 0.444 e. The number of aromatic nitrogens is 3. The third-order valence-corrected chi connectivity index (χ3v) is 7.19. The molecule has 224 valence electrons. The van der Waals surface area contributed by atoms with Gasteiger partial charge in [-0.3, -0.25) is 4.79 Å². The normalized spacial score (nSPS) is 17.6. The highest BCUT2D eigenvalue weighted by Crippen LogP contribution is 2.28. The van der Waals surface area contributed by atoms with Gasteiger partial charge in [-0.1, -0.05) is 42.5 Å². The Kier molecular flexibility index (Phi) is 10.8. The van der Waals surface area contributed by atoms with Crippen LogP contribution in [0.3, 0.4) is 0 Å². The lowest BCUT2D eigenvalue weighted by Gasteiger charge is -2.30. The highest BCUT2D eigenvalue weighted by molar-refractivity contribution is 5.77. The van der Waals surface area contributed by atoms with E-state index >= 15 is 0 Å². The standard InChI is InChI=1S/C32H41FN6O3/c1-32(2,3)42-31(41)36-26-17-11-23(12-18-26)20-28(40)37-29(24-13-15-25(33)16-14-24)27-21-35-30(39-38-27)34-19-7-10-22-8-5-4-6-9-22/h4-6,8-9,13-16,21,23,26,29H,7,10-12,17-20H2,1-3H3,(H,36,41)(H,37,40)(H,34,35,39). The van der Waals surface area contributed by atoms with Crippen LogP contribution in [0.15, 0.2) is 60.8 Å². The Bertz CT molecular complexity index is 1270. The first-order chi connectivity index (χ1) is 20.1. The fraction of sp³-hybridized carbons (Fsp3) is 0.469. The van der Waals surface area contributed by atoms with E-state index in [-0.39, 0.29) is 23.7 Å². The van der Waals surface area contributed by atoms with Gasteiger partial charge in [-0.15, -0.1) is 10.2 Å². The SMILES string of the molecule is CC(C)(C)OC(=O)NC1CCC(CC(=O)NC(c2ccc(F)cc2)c2cnc(NCCCc3ccccc3)nn2)CC1. The Morgan fingerprint density at radius 2 is 1.71 bits per heavy atom. The molecule has 1 fully saturated rings. The molecule has 1 atom stereocenters. The average Bonchev–Trinajstić information content (AvgIpc) is 2.96. The minimum Gasteiger partial charge on any atom is -0.444 e. The number of carbonyl (C=O) groups excluding carboxylic acids is 2. The van der Waals surface area contributed by atoms with Gasteiger partial charge >= 0.3 is 6.09 Å². The van der Waals surface area contributed by atoms with Gasteiger partial charge in [0.2, 0.25) is 11.9 Å². The summed E-state index contributed by atoms with van der Waals surface area (Å²) in [4.78, 5) is 29.7. The van der Waals surface area contributed by atoms with E-state index in [0.717, 1.165) is 38.5 Å². The van der Waals surface area contributed by atoms with Crippen LogP contribution in [0.4, 0.5) is 15.1 Å². The number of anilines is 1. The third kappa shape index (κ3) is 10.1. The second-order valence-electron chi connectivity index (χ2n) is 11.8. The molecule has 1 aliphatic carbocycles. The van der Waals surface area contributed by atoms with Crippen LogP contribution in [0.5, 0.6) is 0 Å². The quantitative estimate of drug-likeness (QED) is 0.249. The van der Waals surface area contributed by atoms with Crippen molar-refractivity contribution >= 4 is 17.9 Å². The molecular formula is C32H41FN6O3. The van der Waals surface area contributed by atoms with E-state index in [1.54, 1.807) is 18.3 Å². The zero-order chi connectivity index (χ0) is 30.0. The molecule has 1 aliphatic rings. The van der Waals surface area contributed by atoms with Crippen LogP contribution in [0.25, 0.3) is 0 Å². The first kappa shape index (κ1) is 30.9. The van der Waals surface area contributed by atoms with Gasteiger partial charge in [-0.05, 0) is 88.5 Å². The topological polar surface area (TPSA) is 118 Å². The number of nitrogens with zero attached hydrogens (tertiary/aromatic N) is 3. The summed E-state index contributed by atoms with van der Waals surface area (Å²) in [6.07, 6.45) is 6.60. The van der Waals surface area contributed by atoms with Crippen LogP contribution in [0.1, 0.15) is 82.2 Å². The van der Waals surface area contributed by atoms with Gasteiger partial charge in [-0.25, -0.2) is 14.2 Å². The first-order valence-electron chi connectivity index (χ1n) is 14.7. The van der Waals surface area contributed by atoms with Gasteiger partial charge in [0.15, 0.2) is 0 Å². The lowest BCUT2D eigenvalue weighted by Crippen LogP contribution is -2.41. The Labute approximate surface area is 247 Å². The number of hydrogen-bond acceptors (Lipinski definition) is 7. The van der Waals surface area contributed by atoms with E-state index in [1.807, 2.05) is 39.0 Å². The molecule has 3 N–H and O–H groups in total. The Balaban J connectivity index is 1.30. The number of carbonyl (C=O) groups is 2. The van der Waals surface area contributed by atoms with E-state index in [1.165, 1.54) is 17.7 Å². The van der Waals surface area contributed by atoms with Crippen LogP contribution < -0.4 is 16.0 Å². The molecular weight excluding hydrogens is 535 g/mol. The van der Waals surface area contributed by atoms with Crippen molar-refractivity contribution in [2.45, 2.75) is 83.4 Å². The third-order valence-electron chi connectivity index (χ3n) is 7.19. The highest BCUT2D eigenvalue weighted by atomic mass is 19.1. The maximum atomic E-state index is 13.7. The second kappa shape index (κ2) is 14.7. The molecule has 0 spiro atoms. The molecule has 1 saturated carbocycles. The maximum Gasteiger partial charge on any atom is 0.407 e. The number of benzene rings is 2. The maximum absolute atomic E-state index is 13.7. The Morgan fingerprint density at radius 3 is 2.36 bits per heavy atom. The number of alkyl carbamates (subject to hydrolysis) is 1. The van der Waals surface area contributed by atoms with Crippen molar-refractivity contribution in [3.05, 3.63) is 83.4 Å². The fourth-order valence-electron chi connectivity index (χ4n) is 5.09. The molecule has 4 rings (SSSR count). The summed E-state index contributed by atoms with van der Waals surface area (Å²) in [5.41, 5.74) is 1.89. The van der Waals surface area contributed by atoms with Crippen LogP contribution in [-0.4, -0.2) is 45.4 Å². The Morgan fingerprint density at radius 1 is 1.00 bits per heavy atom. The summed E-state index contributed by atoms with van der Waals surface area (Å²) in [6, 6.07) is 15.7. The van der Waals surface area contributed by atoms with Gasteiger partial charge in [0.25, 0.3) is 0 Å². The zero-order valence-electron chi connectivity index (χ0n) is 24.6. The van der Waals surface area contributed by atoms with Crippen molar-refractivity contribution in [1.82, 2.24) is 25.8 Å². The molecule has 1 unspecified atom stereocenters. The van der Waals surface area contributed by atoms with Gasteiger partial charge < -0.3 is 20.7 Å². The van der Waals surface area contributed by atoms with E-state index in [2.05, 4.69) is 43.3 Å². The summed E-state index contributed by atoms with van der Waals surface area (Å²) in [5, 5.41) is 17.8. The molecule has 42 heavy (non-hydrogen) atoms. The molecule has 0 saturated heterocycles. The van der Waals surface area contributed by atoms with Gasteiger partial charge in [0.05, 0.1) is 12.2 Å². The minimum atomic E-state index is -0.615. The van der Waals surface area contributed by atoms with Crippen molar-refractivity contribution in [3.8, 4) is 0 Å². The van der Waals surface area contributed by atoms with Gasteiger partial charge in [-0.2, -0.15) is 0 Å². The average molecular weight is 577 g/mol. The highest BCUT2D eigenvalue weighted by Gasteiger charge is 2.27. The number of aryl methyl sites for hydroxylation is 1. The number of nitrogens with one attached hydrogen (secondary N) is 3. The number of ether oxygens (including phenoxy) is 1. The van der Waals surface area contributed by atoms with Crippen molar-refractivity contribution in [1.29, 1.82) is 0 Å². The molecule has 9 nitrogen and oxygen atoms in total. The van der Waals surface area contributed by atoms with E-state index < -0.39 is 17.7 Å². The molecule has 3 aromatic rings. The number of halogens is 1. The summed E-state index contributed by atoms with van der Waals surface area (Å²) in [5.74, 6) is 0.118. The summed E-state index contributed by atoms with van der Waals surface area (Å²) in [6.45, 7) is 6.21. The monoisotopic (exact) mass is 576 g/mol. The number of rotatable bonds is 11. The van der Waals surface area contributed by atoms with Gasteiger partial charge in [0, 0.05) is 19.0 Å². The van der Waals surface area contributed by atoms with Crippen molar-refractivity contribution in [2.75, 3.05) is 11.9 Å². The van der Waals surface area contributed by atoms with Crippen molar-refractivity contribution in [3.63, 3.8) is 0 Å². The summed E-state index contributed by atoms with van der Waals surface area (Å²) >= 11 is 0. The fourth-order valence-corrected chi connectivity index (χ4v) is 5.09. The molecule has 0 bridgehead atoms. The van der Waals surface area contributed by atoms with Crippen molar-refractivity contribution in [2.24, 2.45) is 5.92 Å². The smallest absolute Gasteiger partial charge is 0.407 e. The minimum absolute atomic E-state index is 0.0398. The van der Waals surface area contributed by atoms with Crippen LogP contribution >= 0.6 is 0 Å².